The van der Waals surface area contributed by atoms with Gasteiger partial charge in [-0.15, -0.1) is 0 Å². The van der Waals surface area contributed by atoms with Crippen LogP contribution in [0.3, 0.4) is 0 Å². The minimum atomic E-state index is -0.676. The Morgan fingerprint density at radius 1 is 0.906 bits per heavy atom. The smallest absolute Gasteiger partial charge is 0.254 e. The highest BCUT2D eigenvalue weighted by molar-refractivity contribution is 5.96. The van der Waals surface area contributed by atoms with E-state index in [-0.39, 0.29) is 29.7 Å². The number of aromatic hydroxyl groups is 3. The minimum Gasteiger partial charge on any atom is -0.504 e. The molecular formula is C23H25N3O6. The Kier molecular flexibility index (Phi) is 5.89. The van der Waals surface area contributed by atoms with Gasteiger partial charge < -0.3 is 30.0 Å². The Morgan fingerprint density at radius 2 is 1.50 bits per heavy atom. The van der Waals surface area contributed by atoms with Crippen molar-refractivity contribution >= 4 is 17.7 Å². The number of rotatable bonds is 4. The summed E-state index contributed by atoms with van der Waals surface area (Å²) in [5.41, 5.74) is 1.07. The predicted octanol–water partition coefficient (Wildman–Crippen LogP) is 1.14. The van der Waals surface area contributed by atoms with Gasteiger partial charge in [0, 0.05) is 51.3 Å². The van der Waals surface area contributed by atoms with Crippen LogP contribution in [0, 0.1) is 5.92 Å². The molecule has 0 spiro atoms. The van der Waals surface area contributed by atoms with E-state index in [2.05, 4.69) is 0 Å². The van der Waals surface area contributed by atoms with Crippen LogP contribution in [0.4, 0.5) is 0 Å². The number of amides is 3. The Morgan fingerprint density at radius 3 is 2.12 bits per heavy atom. The van der Waals surface area contributed by atoms with Gasteiger partial charge in [0.15, 0.2) is 17.2 Å². The molecule has 2 heterocycles. The second-order valence-corrected chi connectivity index (χ2v) is 8.14. The summed E-state index contributed by atoms with van der Waals surface area (Å²) in [5, 5.41) is 28.7. The van der Waals surface area contributed by atoms with Gasteiger partial charge in [-0.3, -0.25) is 14.4 Å². The molecule has 0 bridgehead atoms. The van der Waals surface area contributed by atoms with Crippen molar-refractivity contribution in [2.75, 3.05) is 32.7 Å². The number of nitrogens with zero attached hydrogens (tertiary/aromatic N) is 3. The molecule has 0 aromatic heterocycles. The monoisotopic (exact) mass is 439 g/mol. The molecule has 4 rings (SSSR count). The second-order valence-electron chi connectivity index (χ2n) is 8.14. The number of piperazine rings is 1. The number of phenolic OH excluding ortho intramolecular Hbond substituents is 3. The molecule has 0 saturated carbocycles. The Labute approximate surface area is 185 Å². The number of hydrogen-bond acceptors (Lipinski definition) is 6. The Bertz CT molecular complexity index is 1010. The third-order valence-corrected chi connectivity index (χ3v) is 5.98. The first-order chi connectivity index (χ1) is 15.3. The quantitative estimate of drug-likeness (QED) is 0.614. The normalized spacial score (nSPS) is 18.8. The van der Waals surface area contributed by atoms with Crippen LogP contribution in [0.15, 0.2) is 42.5 Å². The third kappa shape index (κ3) is 4.32. The molecule has 9 nitrogen and oxygen atoms in total. The maximum atomic E-state index is 13.0. The first-order valence-electron chi connectivity index (χ1n) is 10.5. The van der Waals surface area contributed by atoms with E-state index in [0.29, 0.717) is 39.3 Å². The average Bonchev–Trinajstić information content (AvgIpc) is 3.17. The van der Waals surface area contributed by atoms with E-state index in [1.807, 2.05) is 30.3 Å². The van der Waals surface area contributed by atoms with E-state index in [1.165, 1.54) is 4.90 Å². The highest BCUT2D eigenvalue weighted by atomic mass is 16.3. The Hall–Kier alpha value is -3.75. The summed E-state index contributed by atoms with van der Waals surface area (Å²) >= 11 is 0. The van der Waals surface area contributed by atoms with E-state index in [0.717, 1.165) is 17.7 Å². The van der Waals surface area contributed by atoms with Gasteiger partial charge in [0.25, 0.3) is 5.91 Å². The molecule has 1 atom stereocenters. The van der Waals surface area contributed by atoms with Crippen molar-refractivity contribution < 1.29 is 29.7 Å². The standard InChI is InChI=1S/C23H25N3O6/c27-18-10-16(11-19(28)21(18)30)22(31)24-6-8-25(9-7-24)23(32)17-12-20(29)26(14-17)13-15-4-2-1-3-5-15/h1-5,10-11,17,27-28,30H,6-9,12-14H2. The van der Waals surface area contributed by atoms with Gasteiger partial charge in [0.1, 0.15) is 0 Å². The largest absolute Gasteiger partial charge is 0.504 e. The number of carbonyl (C=O) groups is 3. The summed E-state index contributed by atoms with van der Waals surface area (Å²) in [5.74, 6) is -2.74. The fourth-order valence-electron chi connectivity index (χ4n) is 4.19. The van der Waals surface area contributed by atoms with E-state index < -0.39 is 23.2 Å². The molecule has 168 valence electrons. The van der Waals surface area contributed by atoms with Crippen LogP contribution in [0.2, 0.25) is 0 Å². The molecule has 2 fully saturated rings. The first-order valence-corrected chi connectivity index (χ1v) is 10.5. The maximum absolute atomic E-state index is 13.0. The highest BCUT2D eigenvalue weighted by Gasteiger charge is 2.37. The lowest BCUT2D eigenvalue weighted by atomic mass is 10.1. The fraction of sp³-hybridized carbons (Fsp3) is 0.348. The van der Waals surface area contributed by atoms with Crippen LogP contribution in [-0.2, 0) is 16.1 Å². The van der Waals surface area contributed by atoms with E-state index in [4.69, 9.17) is 0 Å². The van der Waals surface area contributed by atoms with Crippen molar-refractivity contribution in [3.63, 3.8) is 0 Å². The zero-order valence-corrected chi connectivity index (χ0v) is 17.5. The van der Waals surface area contributed by atoms with E-state index in [9.17, 15) is 29.7 Å². The molecule has 2 saturated heterocycles. The van der Waals surface area contributed by atoms with Crippen molar-refractivity contribution in [3.8, 4) is 17.2 Å². The molecule has 2 aliphatic rings. The van der Waals surface area contributed by atoms with Crippen LogP contribution < -0.4 is 0 Å². The van der Waals surface area contributed by atoms with Crippen molar-refractivity contribution in [2.45, 2.75) is 13.0 Å². The Balaban J connectivity index is 1.33. The van der Waals surface area contributed by atoms with Gasteiger partial charge in [-0.2, -0.15) is 0 Å². The summed E-state index contributed by atoms with van der Waals surface area (Å²) in [6.45, 7) is 2.13. The fourth-order valence-corrected chi connectivity index (χ4v) is 4.19. The molecule has 3 amide bonds. The maximum Gasteiger partial charge on any atom is 0.254 e. The first kappa shape index (κ1) is 21.5. The van der Waals surface area contributed by atoms with E-state index in [1.54, 1.807) is 9.80 Å². The lowest BCUT2D eigenvalue weighted by molar-refractivity contribution is -0.137. The lowest BCUT2D eigenvalue weighted by Gasteiger charge is -2.36. The van der Waals surface area contributed by atoms with Gasteiger partial charge >= 0.3 is 0 Å². The summed E-state index contributed by atoms with van der Waals surface area (Å²) in [6.07, 6.45) is 0.191. The lowest BCUT2D eigenvalue weighted by Crippen LogP contribution is -2.52. The van der Waals surface area contributed by atoms with Crippen LogP contribution in [0.5, 0.6) is 17.2 Å². The molecule has 9 heteroatoms. The van der Waals surface area contributed by atoms with Crippen LogP contribution in [0.25, 0.3) is 0 Å². The van der Waals surface area contributed by atoms with Crippen LogP contribution in [-0.4, -0.2) is 80.5 Å². The van der Waals surface area contributed by atoms with Crippen molar-refractivity contribution in [2.24, 2.45) is 5.92 Å². The zero-order valence-electron chi connectivity index (χ0n) is 17.5. The molecule has 2 aliphatic heterocycles. The molecule has 2 aromatic carbocycles. The number of carbonyl (C=O) groups excluding carboxylic acids is 3. The number of hydrogen-bond donors (Lipinski definition) is 3. The highest BCUT2D eigenvalue weighted by Crippen LogP contribution is 2.35. The van der Waals surface area contributed by atoms with Crippen LogP contribution in [0.1, 0.15) is 22.3 Å². The van der Waals surface area contributed by atoms with E-state index >= 15 is 0 Å². The van der Waals surface area contributed by atoms with Gasteiger partial charge in [-0.1, -0.05) is 30.3 Å². The topological polar surface area (TPSA) is 122 Å². The molecule has 3 N–H and O–H groups in total. The predicted molar refractivity (Wildman–Crippen MR) is 114 cm³/mol. The number of likely N-dealkylation sites (tertiary alicyclic amines) is 1. The summed E-state index contributed by atoms with van der Waals surface area (Å²) in [6, 6.07) is 11.8. The SMILES string of the molecule is O=C1CC(C(=O)N2CCN(C(=O)c3cc(O)c(O)c(O)c3)CC2)CN1Cc1ccccc1. The van der Waals surface area contributed by atoms with Gasteiger partial charge in [0.05, 0.1) is 5.92 Å². The van der Waals surface area contributed by atoms with Crippen molar-refractivity contribution in [3.05, 3.63) is 53.6 Å². The van der Waals surface area contributed by atoms with Crippen LogP contribution >= 0.6 is 0 Å². The summed E-state index contributed by atoms with van der Waals surface area (Å²) in [7, 11) is 0. The molecule has 0 radical (unpaired) electrons. The number of benzene rings is 2. The molecule has 1 unspecified atom stereocenters. The molecular weight excluding hydrogens is 414 g/mol. The molecule has 0 aliphatic carbocycles. The van der Waals surface area contributed by atoms with Gasteiger partial charge in [-0.25, -0.2) is 0 Å². The zero-order chi connectivity index (χ0) is 22.8. The van der Waals surface area contributed by atoms with Crippen molar-refractivity contribution in [1.29, 1.82) is 0 Å². The van der Waals surface area contributed by atoms with Crippen molar-refractivity contribution in [1.82, 2.24) is 14.7 Å². The minimum absolute atomic E-state index is 0.0343. The third-order valence-electron chi connectivity index (χ3n) is 5.98. The van der Waals surface area contributed by atoms with Gasteiger partial charge in [-0.05, 0) is 17.7 Å². The number of phenols is 3. The second kappa shape index (κ2) is 8.78. The molecule has 2 aromatic rings. The van der Waals surface area contributed by atoms with Gasteiger partial charge in [0.2, 0.25) is 11.8 Å². The summed E-state index contributed by atoms with van der Waals surface area (Å²) in [4.78, 5) is 43.0. The average molecular weight is 439 g/mol. The summed E-state index contributed by atoms with van der Waals surface area (Å²) < 4.78 is 0. The molecule has 32 heavy (non-hydrogen) atoms.